The monoisotopic (exact) mass is 447 g/mol. The van der Waals surface area contributed by atoms with Crippen LogP contribution in [0.2, 0.25) is 0 Å². The van der Waals surface area contributed by atoms with Crippen LogP contribution in [0, 0.1) is 6.92 Å². The van der Waals surface area contributed by atoms with Crippen molar-refractivity contribution in [2.45, 2.75) is 12.7 Å². The highest BCUT2D eigenvalue weighted by molar-refractivity contribution is 7.99. The van der Waals surface area contributed by atoms with E-state index in [1.165, 1.54) is 11.1 Å². The predicted molar refractivity (Wildman–Crippen MR) is 130 cm³/mol. The number of benzene rings is 3. The maximum Gasteiger partial charge on any atom is 0.262 e. The molecule has 0 spiro atoms. The molecule has 164 valence electrons. The SMILES string of the molecule is Cc1ccccc1CSCC(=O)N/N=C\c1ccc(OCC(=O)Nc2ccccc2)cc1. The van der Waals surface area contributed by atoms with E-state index in [4.69, 9.17) is 4.74 Å². The van der Waals surface area contributed by atoms with Crippen LogP contribution in [0.1, 0.15) is 16.7 Å². The molecule has 2 N–H and O–H groups in total. The number of thioether (sulfide) groups is 1. The molecule has 0 saturated carbocycles. The number of amides is 2. The Balaban J connectivity index is 1.35. The molecule has 3 rings (SSSR count). The summed E-state index contributed by atoms with van der Waals surface area (Å²) >= 11 is 1.55. The number of ether oxygens (including phenoxy) is 1. The molecule has 0 radical (unpaired) electrons. The van der Waals surface area contributed by atoms with E-state index in [-0.39, 0.29) is 18.4 Å². The van der Waals surface area contributed by atoms with Crippen molar-refractivity contribution in [3.63, 3.8) is 0 Å². The summed E-state index contributed by atoms with van der Waals surface area (Å²) in [5, 5.41) is 6.75. The lowest BCUT2D eigenvalue weighted by Crippen LogP contribution is -2.20. The van der Waals surface area contributed by atoms with Crippen molar-refractivity contribution in [1.82, 2.24) is 5.43 Å². The zero-order valence-electron chi connectivity index (χ0n) is 17.8. The van der Waals surface area contributed by atoms with Gasteiger partial charge in [-0.3, -0.25) is 9.59 Å². The van der Waals surface area contributed by atoms with E-state index in [0.29, 0.717) is 11.5 Å². The molecule has 0 fully saturated rings. The number of carbonyl (C=O) groups excluding carboxylic acids is 2. The van der Waals surface area contributed by atoms with Crippen LogP contribution in [-0.2, 0) is 15.3 Å². The second-order valence-corrected chi connectivity index (χ2v) is 7.97. The Morgan fingerprint density at radius 2 is 1.66 bits per heavy atom. The number of hydrogen-bond donors (Lipinski definition) is 2. The quantitative estimate of drug-likeness (QED) is 0.357. The molecular weight excluding hydrogens is 422 g/mol. The lowest BCUT2D eigenvalue weighted by atomic mass is 10.1. The first-order chi connectivity index (χ1) is 15.6. The van der Waals surface area contributed by atoms with E-state index in [1.54, 1.807) is 42.2 Å². The molecule has 6 nitrogen and oxygen atoms in total. The Labute approximate surface area is 192 Å². The summed E-state index contributed by atoms with van der Waals surface area (Å²) in [6, 6.07) is 24.4. The number of carbonyl (C=O) groups is 2. The molecule has 3 aromatic carbocycles. The molecule has 0 saturated heterocycles. The van der Waals surface area contributed by atoms with Crippen molar-refractivity contribution in [2.24, 2.45) is 5.10 Å². The fourth-order valence-corrected chi connectivity index (χ4v) is 3.65. The molecule has 0 atom stereocenters. The summed E-state index contributed by atoms with van der Waals surface area (Å²) in [5.41, 5.74) is 6.52. The van der Waals surface area contributed by atoms with Gasteiger partial charge in [0.2, 0.25) is 5.91 Å². The molecular formula is C25H25N3O3S. The molecule has 3 aromatic rings. The van der Waals surface area contributed by atoms with Crippen LogP contribution in [0.15, 0.2) is 84.0 Å². The summed E-state index contributed by atoms with van der Waals surface area (Å²) in [5.74, 6) is 1.31. The largest absolute Gasteiger partial charge is 0.484 e. The van der Waals surface area contributed by atoms with Crippen molar-refractivity contribution in [2.75, 3.05) is 17.7 Å². The van der Waals surface area contributed by atoms with Crippen molar-refractivity contribution >= 4 is 35.5 Å². The van der Waals surface area contributed by atoms with Gasteiger partial charge in [-0.05, 0) is 60.0 Å². The molecule has 2 amide bonds. The van der Waals surface area contributed by atoms with E-state index < -0.39 is 0 Å². The van der Waals surface area contributed by atoms with Crippen LogP contribution in [-0.4, -0.2) is 30.4 Å². The molecule has 0 heterocycles. The fraction of sp³-hybridized carbons (Fsp3) is 0.160. The Kier molecular flexibility index (Phi) is 8.89. The van der Waals surface area contributed by atoms with E-state index in [1.807, 2.05) is 42.5 Å². The maximum atomic E-state index is 11.9. The van der Waals surface area contributed by atoms with E-state index in [2.05, 4.69) is 34.9 Å². The van der Waals surface area contributed by atoms with Crippen LogP contribution < -0.4 is 15.5 Å². The second-order valence-electron chi connectivity index (χ2n) is 6.98. The first-order valence-corrected chi connectivity index (χ1v) is 11.3. The maximum absolute atomic E-state index is 11.9. The van der Waals surface area contributed by atoms with Gasteiger partial charge in [-0.25, -0.2) is 5.43 Å². The summed E-state index contributed by atoms with van der Waals surface area (Å²) in [6.07, 6.45) is 1.57. The summed E-state index contributed by atoms with van der Waals surface area (Å²) in [6.45, 7) is 1.98. The molecule has 0 bridgehead atoms. The highest BCUT2D eigenvalue weighted by atomic mass is 32.2. The molecule has 0 aliphatic rings. The fourth-order valence-electron chi connectivity index (χ4n) is 2.75. The molecule has 0 aliphatic heterocycles. The number of para-hydroxylation sites is 1. The summed E-state index contributed by atoms with van der Waals surface area (Å²) < 4.78 is 5.50. The third kappa shape index (κ3) is 7.92. The van der Waals surface area contributed by atoms with Gasteiger partial charge in [-0.1, -0.05) is 42.5 Å². The number of nitrogens with zero attached hydrogens (tertiary/aromatic N) is 1. The van der Waals surface area contributed by atoms with Crippen molar-refractivity contribution in [3.05, 3.63) is 95.6 Å². The van der Waals surface area contributed by atoms with Crippen LogP contribution in [0.4, 0.5) is 5.69 Å². The molecule has 0 unspecified atom stereocenters. The van der Waals surface area contributed by atoms with E-state index in [9.17, 15) is 9.59 Å². The van der Waals surface area contributed by atoms with Gasteiger partial charge < -0.3 is 10.1 Å². The lowest BCUT2D eigenvalue weighted by Gasteiger charge is -2.07. The average molecular weight is 448 g/mol. The topological polar surface area (TPSA) is 79.8 Å². The van der Waals surface area contributed by atoms with E-state index >= 15 is 0 Å². The molecule has 32 heavy (non-hydrogen) atoms. The van der Waals surface area contributed by atoms with Gasteiger partial charge in [-0.15, -0.1) is 11.8 Å². The van der Waals surface area contributed by atoms with Gasteiger partial charge in [0.15, 0.2) is 6.61 Å². The zero-order chi connectivity index (χ0) is 22.6. The van der Waals surface area contributed by atoms with Gasteiger partial charge >= 0.3 is 0 Å². The number of hydrogen-bond acceptors (Lipinski definition) is 5. The van der Waals surface area contributed by atoms with Gasteiger partial charge in [0.05, 0.1) is 12.0 Å². The van der Waals surface area contributed by atoms with Gasteiger partial charge in [0.25, 0.3) is 5.91 Å². The average Bonchev–Trinajstić information content (AvgIpc) is 2.80. The normalized spacial score (nSPS) is 10.7. The Morgan fingerprint density at radius 1 is 0.938 bits per heavy atom. The van der Waals surface area contributed by atoms with Crippen molar-refractivity contribution < 1.29 is 14.3 Å². The van der Waals surface area contributed by atoms with Crippen LogP contribution in [0.5, 0.6) is 5.75 Å². The number of anilines is 1. The Hall–Kier alpha value is -3.58. The first kappa shape index (κ1) is 23.1. The summed E-state index contributed by atoms with van der Waals surface area (Å²) in [7, 11) is 0. The van der Waals surface area contributed by atoms with E-state index in [0.717, 1.165) is 17.0 Å². The highest BCUT2D eigenvalue weighted by Gasteiger charge is 2.04. The number of aryl methyl sites for hydroxylation is 1. The third-order valence-corrected chi connectivity index (χ3v) is 5.44. The number of hydrazone groups is 1. The predicted octanol–water partition coefficient (Wildman–Crippen LogP) is 4.40. The smallest absolute Gasteiger partial charge is 0.262 e. The minimum atomic E-state index is -0.232. The number of rotatable bonds is 10. The van der Waals surface area contributed by atoms with Crippen LogP contribution in [0.3, 0.4) is 0 Å². The third-order valence-electron chi connectivity index (χ3n) is 4.46. The Bertz CT molecular complexity index is 1050. The Morgan fingerprint density at radius 3 is 2.41 bits per heavy atom. The summed E-state index contributed by atoms with van der Waals surface area (Å²) in [4.78, 5) is 23.9. The first-order valence-electron chi connectivity index (χ1n) is 10.1. The lowest BCUT2D eigenvalue weighted by molar-refractivity contribution is -0.119. The minimum Gasteiger partial charge on any atom is -0.484 e. The highest BCUT2D eigenvalue weighted by Crippen LogP contribution is 2.15. The van der Waals surface area contributed by atoms with Crippen LogP contribution >= 0.6 is 11.8 Å². The van der Waals surface area contributed by atoms with Crippen molar-refractivity contribution in [1.29, 1.82) is 0 Å². The number of nitrogens with one attached hydrogen (secondary N) is 2. The van der Waals surface area contributed by atoms with Crippen LogP contribution in [0.25, 0.3) is 0 Å². The van der Waals surface area contributed by atoms with Gasteiger partial charge in [0, 0.05) is 11.4 Å². The molecule has 0 aliphatic carbocycles. The minimum absolute atomic E-state index is 0.0848. The standard InChI is InChI=1S/C25H25N3O3S/c1-19-7-5-6-8-21(19)17-32-18-25(30)28-26-15-20-11-13-23(14-12-20)31-16-24(29)27-22-9-3-2-4-10-22/h2-15H,16-18H2,1H3,(H,27,29)(H,28,30)/b26-15-. The van der Waals surface area contributed by atoms with Gasteiger partial charge in [-0.2, -0.15) is 5.10 Å². The van der Waals surface area contributed by atoms with Gasteiger partial charge in [0.1, 0.15) is 5.75 Å². The molecule has 7 heteroatoms. The molecule has 0 aromatic heterocycles. The second kappa shape index (κ2) is 12.3. The zero-order valence-corrected chi connectivity index (χ0v) is 18.6. The van der Waals surface area contributed by atoms with Crippen molar-refractivity contribution in [3.8, 4) is 5.75 Å².